The molecule has 0 saturated heterocycles. The van der Waals surface area contributed by atoms with Gasteiger partial charge in [-0.15, -0.1) is 0 Å². The number of nitrogens with zero attached hydrogens (tertiary/aromatic N) is 3. The second kappa shape index (κ2) is 8.56. The molecule has 31 heavy (non-hydrogen) atoms. The molecule has 0 fully saturated rings. The van der Waals surface area contributed by atoms with Crippen molar-refractivity contribution in [2.24, 2.45) is 12.8 Å². The number of hydrogen-bond donors (Lipinski definition) is 1. The molecule has 10 heteroatoms. The Balaban J connectivity index is 1.62. The molecule has 0 spiro atoms. The quantitative estimate of drug-likeness (QED) is 0.537. The highest BCUT2D eigenvalue weighted by molar-refractivity contribution is 7.89. The van der Waals surface area contributed by atoms with Gasteiger partial charge in [0.2, 0.25) is 10.0 Å². The van der Waals surface area contributed by atoms with Gasteiger partial charge in [-0.2, -0.15) is 9.40 Å². The number of sulfonamides is 1. The first-order chi connectivity index (χ1) is 14.8. The van der Waals surface area contributed by atoms with Gasteiger partial charge < -0.3 is 14.9 Å². The van der Waals surface area contributed by atoms with Crippen LogP contribution in [0.3, 0.4) is 0 Å². The smallest absolute Gasteiger partial charge is 0.255 e. The summed E-state index contributed by atoms with van der Waals surface area (Å²) in [6.45, 7) is -0.0474. The molecule has 1 aromatic carbocycles. The zero-order chi connectivity index (χ0) is 22.0. The standard InChI is InChI=1S/C21H24N4O5S/c1-24-20-6-2-5-18(20)19(23-24)13-25(12-16-4-3-11-29-16)31(27,28)17-9-7-15(8-10-17)30-14-21(22)26/h3-4,7-11H,2,5-6,12-14H2,1H3,(H2,22,26). The highest BCUT2D eigenvalue weighted by Crippen LogP contribution is 2.28. The minimum absolute atomic E-state index is 0.0839. The van der Waals surface area contributed by atoms with Gasteiger partial charge in [0, 0.05) is 12.7 Å². The third-order valence-corrected chi connectivity index (χ3v) is 7.09. The molecule has 1 aliphatic carbocycles. The Morgan fingerprint density at radius 3 is 2.68 bits per heavy atom. The molecule has 1 amide bonds. The van der Waals surface area contributed by atoms with E-state index in [9.17, 15) is 13.2 Å². The van der Waals surface area contributed by atoms with Gasteiger partial charge in [0.25, 0.3) is 5.91 Å². The van der Waals surface area contributed by atoms with Crippen LogP contribution in [0.15, 0.2) is 52.0 Å². The van der Waals surface area contributed by atoms with Crippen molar-refractivity contribution in [1.29, 1.82) is 0 Å². The Kier molecular flexibility index (Phi) is 5.84. The lowest BCUT2D eigenvalue weighted by atomic mass is 10.2. The summed E-state index contributed by atoms with van der Waals surface area (Å²) in [7, 11) is -1.96. The van der Waals surface area contributed by atoms with Crippen LogP contribution >= 0.6 is 0 Å². The molecule has 0 radical (unpaired) electrons. The van der Waals surface area contributed by atoms with Gasteiger partial charge in [0.1, 0.15) is 11.5 Å². The van der Waals surface area contributed by atoms with E-state index in [1.54, 1.807) is 12.1 Å². The lowest BCUT2D eigenvalue weighted by Crippen LogP contribution is -2.30. The highest BCUT2D eigenvalue weighted by atomic mass is 32.2. The number of hydrogen-bond acceptors (Lipinski definition) is 6. The van der Waals surface area contributed by atoms with E-state index < -0.39 is 15.9 Å². The Hall–Kier alpha value is -3.11. The van der Waals surface area contributed by atoms with Crippen molar-refractivity contribution in [2.45, 2.75) is 37.2 Å². The maximum absolute atomic E-state index is 13.5. The van der Waals surface area contributed by atoms with Crippen LogP contribution in [0.1, 0.15) is 29.1 Å². The molecule has 0 saturated carbocycles. The van der Waals surface area contributed by atoms with E-state index in [1.165, 1.54) is 40.5 Å². The first kappa shape index (κ1) is 21.1. The average molecular weight is 445 g/mol. The second-order valence-corrected chi connectivity index (χ2v) is 9.37. The Labute approximate surface area is 180 Å². The van der Waals surface area contributed by atoms with Crippen molar-refractivity contribution >= 4 is 15.9 Å². The van der Waals surface area contributed by atoms with Crippen molar-refractivity contribution in [3.05, 3.63) is 65.4 Å². The molecule has 164 valence electrons. The lowest BCUT2D eigenvalue weighted by Gasteiger charge is -2.21. The predicted molar refractivity (Wildman–Crippen MR) is 112 cm³/mol. The second-order valence-electron chi connectivity index (χ2n) is 7.43. The predicted octanol–water partition coefficient (Wildman–Crippen LogP) is 1.76. The molecular formula is C21H24N4O5S. The molecule has 1 aliphatic rings. The van der Waals surface area contributed by atoms with Crippen LogP contribution in [0, 0.1) is 0 Å². The zero-order valence-corrected chi connectivity index (χ0v) is 18.0. The molecule has 4 rings (SSSR count). The van der Waals surface area contributed by atoms with E-state index >= 15 is 0 Å². The molecule has 0 bridgehead atoms. The van der Waals surface area contributed by atoms with Gasteiger partial charge in [-0.05, 0) is 61.2 Å². The fourth-order valence-corrected chi connectivity index (χ4v) is 5.17. The van der Waals surface area contributed by atoms with Crippen molar-refractivity contribution in [2.75, 3.05) is 6.61 Å². The monoisotopic (exact) mass is 444 g/mol. The third-order valence-electron chi connectivity index (χ3n) is 5.28. The van der Waals surface area contributed by atoms with Gasteiger partial charge in [-0.1, -0.05) is 0 Å². The van der Waals surface area contributed by atoms with Crippen molar-refractivity contribution < 1.29 is 22.4 Å². The molecule has 3 aromatic rings. The summed E-state index contributed by atoms with van der Waals surface area (Å²) in [5.74, 6) is 0.291. The number of carbonyl (C=O) groups excluding carboxylic acids is 1. The zero-order valence-electron chi connectivity index (χ0n) is 17.2. The SMILES string of the molecule is Cn1nc(CN(Cc2ccco2)S(=O)(=O)c2ccc(OCC(N)=O)cc2)c2c1CCC2. The average Bonchev–Trinajstić information content (AvgIpc) is 3.47. The molecule has 2 N–H and O–H groups in total. The minimum Gasteiger partial charge on any atom is -0.484 e. The summed E-state index contributed by atoms with van der Waals surface area (Å²) in [6.07, 6.45) is 4.42. The van der Waals surface area contributed by atoms with Gasteiger partial charge >= 0.3 is 0 Å². The van der Waals surface area contributed by atoms with Crippen LogP contribution in [0.2, 0.25) is 0 Å². The number of fused-ring (bicyclic) bond motifs is 1. The summed E-state index contributed by atoms with van der Waals surface area (Å²) in [6, 6.07) is 9.36. The van der Waals surface area contributed by atoms with Crippen LogP contribution in [-0.2, 0) is 47.8 Å². The fourth-order valence-electron chi connectivity index (χ4n) is 3.81. The topological polar surface area (TPSA) is 121 Å². The minimum atomic E-state index is -3.85. The number of carbonyl (C=O) groups is 1. The van der Waals surface area contributed by atoms with Gasteiger partial charge in [-0.25, -0.2) is 8.42 Å². The van der Waals surface area contributed by atoms with Gasteiger partial charge in [0.05, 0.1) is 29.9 Å². The number of benzene rings is 1. The van der Waals surface area contributed by atoms with Crippen LogP contribution in [0.25, 0.3) is 0 Å². The molecule has 0 unspecified atom stereocenters. The number of furan rings is 1. The summed E-state index contributed by atoms with van der Waals surface area (Å²) in [5.41, 5.74) is 8.15. The van der Waals surface area contributed by atoms with E-state index in [4.69, 9.17) is 14.9 Å². The molecule has 2 heterocycles. The van der Waals surface area contributed by atoms with Gasteiger partial charge in [0.15, 0.2) is 6.61 Å². The number of amides is 1. The highest BCUT2D eigenvalue weighted by Gasteiger charge is 2.29. The van der Waals surface area contributed by atoms with Crippen LogP contribution in [0.4, 0.5) is 0 Å². The van der Waals surface area contributed by atoms with E-state index in [-0.39, 0.29) is 24.6 Å². The fraction of sp³-hybridized carbons (Fsp3) is 0.333. The van der Waals surface area contributed by atoms with Crippen molar-refractivity contribution in [3.63, 3.8) is 0 Å². The maximum Gasteiger partial charge on any atom is 0.255 e. The molecular weight excluding hydrogens is 420 g/mol. The van der Waals surface area contributed by atoms with E-state index in [2.05, 4.69) is 5.10 Å². The van der Waals surface area contributed by atoms with E-state index in [0.29, 0.717) is 11.5 Å². The van der Waals surface area contributed by atoms with Crippen molar-refractivity contribution in [3.8, 4) is 5.75 Å². The Bertz CT molecular complexity index is 1170. The number of rotatable bonds is 9. The first-order valence-corrected chi connectivity index (χ1v) is 11.4. The lowest BCUT2D eigenvalue weighted by molar-refractivity contribution is -0.119. The number of aromatic nitrogens is 2. The largest absolute Gasteiger partial charge is 0.484 e. The van der Waals surface area contributed by atoms with Gasteiger partial charge in [-0.3, -0.25) is 9.48 Å². The Morgan fingerprint density at radius 1 is 1.23 bits per heavy atom. The number of nitrogens with two attached hydrogens (primary N) is 1. The van der Waals surface area contributed by atoms with E-state index in [1.807, 2.05) is 11.7 Å². The van der Waals surface area contributed by atoms with Crippen LogP contribution < -0.4 is 10.5 Å². The van der Waals surface area contributed by atoms with Crippen molar-refractivity contribution in [1.82, 2.24) is 14.1 Å². The van der Waals surface area contributed by atoms with Crippen LogP contribution in [-0.4, -0.2) is 35.0 Å². The summed E-state index contributed by atoms with van der Waals surface area (Å²) >= 11 is 0. The summed E-state index contributed by atoms with van der Waals surface area (Å²) < 4.78 is 40.8. The normalized spacial score (nSPS) is 13.5. The maximum atomic E-state index is 13.5. The van der Waals surface area contributed by atoms with E-state index in [0.717, 1.165) is 30.5 Å². The van der Waals surface area contributed by atoms with Crippen LogP contribution in [0.5, 0.6) is 5.75 Å². The molecule has 2 aromatic heterocycles. The first-order valence-electron chi connectivity index (χ1n) is 9.92. The number of aryl methyl sites for hydroxylation is 1. The third kappa shape index (κ3) is 4.49. The number of primary amides is 1. The molecule has 9 nitrogen and oxygen atoms in total. The summed E-state index contributed by atoms with van der Waals surface area (Å²) in [5, 5.41) is 4.58. The summed E-state index contributed by atoms with van der Waals surface area (Å²) in [4.78, 5) is 11.0. The molecule has 0 aliphatic heterocycles. The molecule has 0 atom stereocenters. The Morgan fingerprint density at radius 2 is 2.00 bits per heavy atom. The number of ether oxygens (including phenoxy) is 1.